The Bertz CT molecular complexity index is 1550. The van der Waals surface area contributed by atoms with Gasteiger partial charge in [0.05, 0.1) is 34.7 Å². The number of fused-ring (bicyclic) bond motifs is 1. The summed E-state index contributed by atoms with van der Waals surface area (Å²) >= 11 is 6.18. The molecular formula is C27H28ClN5O4S. The number of rotatable bonds is 7. The number of aromatic nitrogens is 2. The van der Waals surface area contributed by atoms with Gasteiger partial charge in [-0.15, -0.1) is 0 Å². The van der Waals surface area contributed by atoms with E-state index in [1.807, 2.05) is 25.3 Å². The van der Waals surface area contributed by atoms with Gasteiger partial charge in [-0.3, -0.25) is 9.00 Å². The highest BCUT2D eigenvalue weighted by molar-refractivity contribution is 7.84. The van der Waals surface area contributed by atoms with Gasteiger partial charge in [0.25, 0.3) is 5.91 Å². The second kappa shape index (κ2) is 11.3. The van der Waals surface area contributed by atoms with Crippen LogP contribution in [0.5, 0.6) is 5.75 Å². The van der Waals surface area contributed by atoms with E-state index in [0.717, 1.165) is 11.1 Å². The van der Waals surface area contributed by atoms with E-state index in [4.69, 9.17) is 22.2 Å². The Balaban J connectivity index is 1.69. The third-order valence-electron chi connectivity index (χ3n) is 6.21. The van der Waals surface area contributed by atoms with Gasteiger partial charge >= 0.3 is 6.03 Å². The normalized spacial score (nSPS) is 11.8. The summed E-state index contributed by atoms with van der Waals surface area (Å²) in [6.07, 6.45) is 0. The molecule has 1 atom stereocenters. The maximum Gasteiger partial charge on any atom is 0.343 e. The summed E-state index contributed by atoms with van der Waals surface area (Å²) in [7, 11) is -0.0461. The third kappa shape index (κ3) is 5.28. The van der Waals surface area contributed by atoms with Crippen molar-refractivity contribution in [2.75, 3.05) is 12.4 Å². The van der Waals surface area contributed by atoms with Gasteiger partial charge in [-0.05, 0) is 73.9 Å². The van der Waals surface area contributed by atoms with Crippen LogP contribution in [0.3, 0.4) is 0 Å². The van der Waals surface area contributed by atoms with Gasteiger partial charge < -0.3 is 14.6 Å². The average molecular weight is 554 g/mol. The van der Waals surface area contributed by atoms with Gasteiger partial charge in [0.2, 0.25) is 0 Å². The van der Waals surface area contributed by atoms with Crippen LogP contribution in [0.25, 0.3) is 11.0 Å². The summed E-state index contributed by atoms with van der Waals surface area (Å²) in [6.45, 7) is 6.14. The third-order valence-corrected chi connectivity index (χ3v) is 7.72. The number of carbonyl (C=O) groups is 2. The number of nitrogens with two attached hydrogens (primary N) is 1. The number of urea groups is 1. The van der Waals surface area contributed by atoms with Crippen LogP contribution < -0.4 is 15.9 Å². The van der Waals surface area contributed by atoms with Crippen molar-refractivity contribution in [3.05, 3.63) is 81.9 Å². The van der Waals surface area contributed by atoms with Gasteiger partial charge in [0.15, 0.2) is 5.16 Å². The van der Waals surface area contributed by atoms with E-state index in [-0.39, 0.29) is 11.3 Å². The minimum absolute atomic E-state index is 0.0341. The molecule has 0 aliphatic carbocycles. The van der Waals surface area contributed by atoms with E-state index < -0.39 is 22.7 Å². The zero-order valence-corrected chi connectivity index (χ0v) is 23.0. The van der Waals surface area contributed by atoms with E-state index in [1.165, 1.54) is 0 Å². The molecule has 1 heterocycles. The molecule has 0 saturated heterocycles. The molecule has 0 bridgehead atoms. The van der Waals surface area contributed by atoms with Crippen molar-refractivity contribution in [2.24, 2.45) is 5.84 Å². The van der Waals surface area contributed by atoms with Crippen LogP contribution in [-0.4, -0.2) is 37.8 Å². The van der Waals surface area contributed by atoms with Crippen LogP contribution in [-0.2, 0) is 23.1 Å². The molecule has 0 aliphatic heterocycles. The Hall–Kier alpha value is -3.73. The fourth-order valence-electron chi connectivity index (χ4n) is 4.35. The molecule has 0 fully saturated rings. The van der Waals surface area contributed by atoms with Gasteiger partial charge in [-0.25, -0.2) is 15.6 Å². The number of benzene rings is 3. The van der Waals surface area contributed by atoms with Crippen LogP contribution in [0, 0.1) is 13.8 Å². The smallest absolute Gasteiger partial charge is 0.343 e. The lowest BCUT2D eigenvalue weighted by atomic mass is 10.0. The molecular weight excluding hydrogens is 526 g/mol. The van der Waals surface area contributed by atoms with E-state index in [1.54, 1.807) is 61.7 Å². The first-order valence-corrected chi connectivity index (χ1v) is 13.5. The predicted octanol–water partition coefficient (Wildman–Crippen LogP) is 5.19. The fourth-order valence-corrected chi connectivity index (χ4v) is 5.95. The van der Waals surface area contributed by atoms with Crippen LogP contribution in [0.15, 0.2) is 59.8 Å². The number of anilines is 1. The number of aryl methyl sites for hydroxylation is 2. The molecule has 3 amide bonds. The van der Waals surface area contributed by atoms with E-state index in [9.17, 15) is 13.8 Å². The van der Waals surface area contributed by atoms with E-state index in [0.29, 0.717) is 49.8 Å². The number of hydrogen-bond donors (Lipinski definition) is 2. The van der Waals surface area contributed by atoms with E-state index >= 15 is 0 Å². The molecule has 3 aromatic carbocycles. The van der Waals surface area contributed by atoms with Crippen LogP contribution in [0.4, 0.5) is 10.5 Å². The monoisotopic (exact) mass is 553 g/mol. The number of nitrogens with one attached hydrogen (secondary N) is 1. The van der Waals surface area contributed by atoms with Gasteiger partial charge in [-0.1, -0.05) is 29.8 Å². The summed E-state index contributed by atoms with van der Waals surface area (Å²) in [6, 6.07) is 14.5. The Morgan fingerprint density at radius 2 is 1.87 bits per heavy atom. The lowest BCUT2D eigenvalue weighted by molar-refractivity contribution is 0.0811. The maximum atomic E-state index is 13.7. The largest absolute Gasteiger partial charge is 0.496 e. The number of ether oxygens (including phenoxy) is 1. The molecule has 4 rings (SSSR count). The fraction of sp³-hybridized carbons (Fsp3) is 0.222. The van der Waals surface area contributed by atoms with Crippen molar-refractivity contribution in [2.45, 2.75) is 38.2 Å². The minimum Gasteiger partial charge on any atom is -0.496 e. The number of imide groups is 1. The first-order valence-electron chi connectivity index (χ1n) is 11.8. The first kappa shape index (κ1) is 27.3. The zero-order chi connectivity index (χ0) is 27.6. The number of carbonyl (C=O) groups excluding carboxylic acids is 2. The lowest BCUT2D eigenvalue weighted by Crippen LogP contribution is -2.45. The second-order valence-electron chi connectivity index (χ2n) is 8.61. The SMILES string of the molecule is CCn1c(S(=O)Cc2c(NC(=O)N(N)C(=O)c3ccccc3)cc(C)c(OC)c2C)nc2ccc(Cl)cc21. The number of nitrogens with zero attached hydrogens (tertiary/aromatic N) is 3. The van der Waals surface area contributed by atoms with Crippen LogP contribution >= 0.6 is 11.6 Å². The zero-order valence-electron chi connectivity index (χ0n) is 21.4. The molecule has 1 unspecified atom stereocenters. The molecule has 0 saturated carbocycles. The average Bonchev–Trinajstić information content (AvgIpc) is 3.28. The summed E-state index contributed by atoms with van der Waals surface area (Å²) < 4.78 is 21.1. The lowest BCUT2D eigenvalue weighted by Gasteiger charge is -2.21. The number of hydrazine groups is 1. The highest BCUT2D eigenvalue weighted by Crippen LogP contribution is 2.34. The van der Waals surface area contributed by atoms with Crippen molar-refractivity contribution in [3.63, 3.8) is 0 Å². The summed E-state index contributed by atoms with van der Waals surface area (Å²) in [5.74, 6) is 5.85. The number of amides is 3. The quantitative estimate of drug-likeness (QED) is 0.185. The summed E-state index contributed by atoms with van der Waals surface area (Å²) in [5, 5.41) is 4.19. The van der Waals surface area contributed by atoms with Crippen molar-refractivity contribution in [3.8, 4) is 5.75 Å². The van der Waals surface area contributed by atoms with Crippen LogP contribution in [0.2, 0.25) is 5.02 Å². The molecule has 38 heavy (non-hydrogen) atoms. The number of methoxy groups -OCH3 is 1. The first-order chi connectivity index (χ1) is 18.2. The summed E-state index contributed by atoms with van der Waals surface area (Å²) in [5.41, 5.74) is 4.15. The molecule has 4 aromatic rings. The number of halogens is 1. The highest BCUT2D eigenvalue weighted by atomic mass is 35.5. The minimum atomic E-state index is -1.60. The predicted molar refractivity (Wildman–Crippen MR) is 149 cm³/mol. The van der Waals surface area contributed by atoms with E-state index in [2.05, 4.69) is 10.3 Å². The van der Waals surface area contributed by atoms with Crippen molar-refractivity contribution in [1.29, 1.82) is 0 Å². The Morgan fingerprint density at radius 3 is 2.53 bits per heavy atom. The second-order valence-corrected chi connectivity index (χ2v) is 10.4. The molecule has 1 aromatic heterocycles. The Labute approximate surface area is 228 Å². The van der Waals surface area contributed by atoms with Gasteiger partial charge in [-0.2, -0.15) is 5.01 Å². The molecule has 198 valence electrons. The number of hydrogen-bond acceptors (Lipinski definition) is 6. The topological polar surface area (TPSA) is 120 Å². The van der Waals surface area contributed by atoms with Crippen molar-refractivity contribution >= 4 is 51.1 Å². The maximum absolute atomic E-state index is 13.7. The molecule has 9 nitrogen and oxygen atoms in total. The van der Waals surface area contributed by atoms with Crippen LogP contribution in [0.1, 0.15) is 34.0 Å². The van der Waals surface area contributed by atoms with Crippen molar-refractivity contribution < 1.29 is 18.5 Å². The molecule has 0 spiro atoms. The molecule has 3 N–H and O–H groups in total. The highest BCUT2D eigenvalue weighted by Gasteiger charge is 2.25. The summed E-state index contributed by atoms with van der Waals surface area (Å²) in [4.78, 5) is 30.3. The Kier molecular flexibility index (Phi) is 8.15. The number of imidazole rings is 1. The Morgan fingerprint density at radius 1 is 1.16 bits per heavy atom. The van der Waals surface area contributed by atoms with Crippen molar-refractivity contribution in [1.82, 2.24) is 14.6 Å². The standard InChI is InChI=1S/C27H28ClN5O4S/c1-5-32-23-14-19(28)11-12-21(23)31-27(32)38(36)15-20-17(3)24(37-4)16(2)13-22(20)30-26(35)33(29)25(34)18-9-7-6-8-10-18/h6-14H,5,15,29H2,1-4H3,(H,30,35). The van der Waals surface area contributed by atoms with Gasteiger partial charge in [0, 0.05) is 22.8 Å². The van der Waals surface area contributed by atoms with Gasteiger partial charge in [0.1, 0.15) is 5.75 Å². The molecule has 11 heteroatoms. The molecule has 0 radical (unpaired) electrons. The molecule has 0 aliphatic rings.